The van der Waals surface area contributed by atoms with Gasteiger partial charge in [-0.1, -0.05) is 39.0 Å². The van der Waals surface area contributed by atoms with E-state index in [4.69, 9.17) is 5.11 Å². The number of hydrogen-bond donors (Lipinski definition) is 2. The topological polar surface area (TPSA) is 49.3 Å². The van der Waals surface area contributed by atoms with Crippen LogP contribution >= 0.6 is 0 Å². The normalized spacial score (nSPS) is 11.9. The molecule has 0 radical (unpaired) electrons. The number of carbonyl (C=O) groups is 1. The van der Waals surface area contributed by atoms with Gasteiger partial charge in [-0.15, -0.1) is 0 Å². The van der Waals surface area contributed by atoms with Crippen molar-refractivity contribution in [1.29, 1.82) is 0 Å². The van der Waals surface area contributed by atoms with Crippen LogP contribution in [0.25, 0.3) is 0 Å². The molecular weight excluding hydrogens is 201 g/mol. The molecule has 0 aromatic carbocycles. The van der Waals surface area contributed by atoms with Crippen molar-refractivity contribution in [2.45, 2.75) is 58.4 Å². The first-order valence-electron chi connectivity index (χ1n) is 5.64. The van der Waals surface area contributed by atoms with E-state index in [0.717, 1.165) is 13.0 Å². The molecule has 1 atom stereocenters. The van der Waals surface area contributed by atoms with Crippen molar-refractivity contribution in [3.8, 4) is 0 Å². The van der Waals surface area contributed by atoms with Gasteiger partial charge in [-0.2, -0.15) is 0 Å². The van der Waals surface area contributed by atoms with Crippen LogP contribution in [0.1, 0.15) is 53.8 Å². The molecule has 86 valence electrons. The summed E-state index contributed by atoms with van der Waals surface area (Å²) in [4.78, 5) is 10.4. The van der Waals surface area contributed by atoms with Crippen LogP contribution < -0.4 is 34.9 Å². The van der Waals surface area contributed by atoms with E-state index in [0.29, 0.717) is 0 Å². The van der Waals surface area contributed by atoms with Crippen molar-refractivity contribution in [1.82, 2.24) is 5.32 Å². The predicted molar refractivity (Wildman–Crippen MR) is 59.6 cm³/mol. The largest absolute Gasteiger partial charge is 1.00 e. The first-order chi connectivity index (χ1) is 6.68. The Balaban J connectivity index is -0.000000845. The van der Waals surface area contributed by atoms with Crippen LogP contribution in [0.5, 0.6) is 0 Å². The van der Waals surface area contributed by atoms with Crippen molar-refractivity contribution in [2.75, 3.05) is 6.54 Å². The number of aliphatic carboxylic acids is 1. The van der Waals surface area contributed by atoms with Crippen LogP contribution in [0, 0.1) is 0 Å². The minimum Gasteiger partial charge on any atom is -1.00 e. The Morgan fingerprint density at radius 2 is 1.80 bits per heavy atom. The molecule has 0 aromatic heterocycles. The number of nitrogens with one attached hydrogen (secondary N) is 1. The van der Waals surface area contributed by atoms with Gasteiger partial charge in [0, 0.05) is 0 Å². The van der Waals surface area contributed by atoms with E-state index in [9.17, 15) is 4.79 Å². The standard InChI is InChI=1S/C11H23NO2.Na.H/c1-3-4-5-6-7-8-9-12-10(2)11(13)14;;/h10,12H,3-9H2,1-2H3,(H,13,14);;/q;+1;-1/t10-;;/m0../s1. The van der Waals surface area contributed by atoms with Gasteiger partial charge in [0.05, 0.1) is 0 Å². The summed E-state index contributed by atoms with van der Waals surface area (Å²) in [6.07, 6.45) is 7.47. The molecular formula is C11H24NNaO2. The summed E-state index contributed by atoms with van der Waals surface area (Å²) in [6, 6.07) is -0.411. The van der Waals surface area contributed by atoms with Crippen LogP contribution in [0.4, 0.5) is 0 Å². The fraction of sp³-hybridized carbons (Fsp3) is 0.909. The Kier molecular flexibility index (Phi) is 14.8. The average Bonchev–Trinajstić information content (AvgIpc) is 2.16. The van der Waals surface area contributed by atoms with Gasteiger partial charge in [0.25, 0.3) is 0 Å². The van der Waals surface area contributed by atoms with Crippen LogP contribution in [0.3, 0.4) is 0 Å². The van der Waals surface area contributed by atoms with Gasteiger partial charge >= 0.3 is 35.5 Å². The molecule has 0 aliphatic rings. The Morgan fingerprint density at radius 1 is 1.27 bits per heavy atom. The van der Waals surface area contributed by atoms with Crippen molar-refractivity contribution in [3.63, 3.8) is 0 Å². The van der Waals surface area contributed by atoms with E-state index in [1.807, 2.05) is 0 Å². The van der Waals surface area contributed by atoms with Crippen molar-refractivity contribution >= 4 is 5.97 Å². The van der Waals surface area contributed by atoms with Crippen molar-refractivity contribution in [3.05, 3.63) is 0 Å². The van der Waals surface area contributed by atoms with E-state index < -0.39 is 12.0 Å². The van der Waals surface area contributed by atoms with Gasteiger partial charge < -0.3 is 11.8 Å². The zero-order chi connectivity index (χ0) is 10.8. The molecule has 0 amide bonds. The third kappa shape index (κ3) is 12.4. The summed E-state index contributed by atoms with van der Waals surface area (Å²) in [5.74, 6) is -0.768. The van der Waals surface area contributed by atoms with E-state index in [2.05, 4.69) is 12.2 Å². The monoisotopic (exact) mass is 225 g/mol. The first kappa shape index (κ1) is 17.8. The maximum Gasteiger partial charge on any atom is 1.00 e. The van der Waals surface area contributed by atoms with Gasteiger partial charge in [0.2, 0.25) is 0 Å². The van der Waals surface area contributed by atoms with E-state index in [-0.39, 0.29) is 31.0 Å². The van der Waals surface area contributed by atoms with Gasteiger partial charge in [0.1, 0.15) is 6.04 Å². The molecule has 4 heteroatoms. The minimum atomic E-state index is -0.768. The van der Waals surface area contributed by atoms with E-state index >= 15 is 0 Å². The number of carboxylic acids is 1. The van der Waals surface area contributed by atoms with E-state index in [1.54, 1.807) is 6.92 Å². The fourth-order valence-electron chi connectivity index (χ4n) is 1.31. The molecule has 0 heterocycles. The van der Waals surface area contributed by atoms with Crippen molar-refractivity contribution in [2.24, 2.45) is 0 Å². The van der Waals surface area contributed by atoms with E-state index in [1.165, 1.54) is 32.1 Å². The number of hydrogen-bond acceptors (Lipinski definition) is 2. The van der Waals surface area contributed by atoms with Crippen LogP contribution in [0.15, 0.2) is 0 Å². The Bertz CT molecular complexity index is 159. The summed E-state index contributed by atoms with van der Waals surface area (Å²) in [6.45, 7) is 4.70. The molecule has 0 aliphatic carbocycles. The van der Waals surface area contributed by atoms with Crippen molar-refractivity contribution < 1.29 is 40.9 Å². The summed E-state index contributed by atoms with van der Waals surface area (Å²) in [5.41, 5.74) is 0. The number of unbranched alkanes of at least 4 members (excludes halogenated alkanes) is 5. The molecule has 2 N–H and O–H groups in total. The second-order valence-corrected chi connectivity index (χ2v) is 3.78. The molecule has 0 saturated heterocycles. The molecule has 0 aromatic rings. The average molecular weight is 225 g/mol. The molecule has 0 aliphatic heterocycles. The van der Waals surface area contributed by atoms with Gasteiger partial charge in [-0.05, 0) is 19.9 Å². The maximum absolute atomic E-state index is 10.4. The smallest absolute Gasteiger partial charge is 1.00 e. The van der Waals surface area contributed by atoms with Crippen LogP contribution in [0.2, 0.25) is 0 Å². The number of rotatable bonds is 9. The molecule has 0 bridgehead atoms. The molecule has 0 fully saturated rings. The molecule has 0 rings (SSSR count). The Morgan fingerprint density at radius 3 is 2.33 bits per heavy atom. The molecule has 0 saturated carbocycles. The molecule has 0 spiro atoms. The number of carboxylic acid groups (broad SMARTS) is 1. The minimum absolute atomic E-state index is 0. The predicted octanol–water partition coefficient (Wildman–Crippen LogP) is -0.474. The van der Waals surface area contributed by atoms with Crippen LogP contribution in [-0.2, 0) is 4.79 Å². The fourth-order valence-corrected chi connectivity index (χ4v) is 1.31. The van der Waals surface area contributed by atoms with Crippen LogP contribution in [-0.4, -0.2) is 23.7 Å². The third-order valence-corrected chi connectivity index (χ3v) is 2.35. The van der Waals surface area contributed by atoms with Gasteiger partial charge in [-0.3, -0.25) is 4.79 Å². The molecule has 0 unspecified atom stereocenters. The first-order valence-corrected chi connectivity index (χ1v) is 5.64. The molecule has 3 nitrogen and oxygen atoms in total. The Hall–Kier alpha value is 0.430. The zero-order valence-corrected chi connectivity index (χ0v) is 12.4. The zero-order valence-electron chi connectivity index (χ0n) is 11.4. The second kappa shape index (κ2) is 12.5. The summed E-state index contributed by atoms with van der Waals surface area (Å²) >= 11 is 0. The molecule has 15 heavy (non-hydrogen) atoms. The Labute approximate surface area is 117 Å². The summed E-state index contributed by atoms with van der Waals surface area (Å²) in [5, 5.41) is 11.6. The summed E-state index contributed by atoms with van der Waals surface area (Å²) < 4.78 is 0. The van der Waals surface area contributed by atoms with Gasteiger partial charge in [0.15, 0.2) is 0 Å². The summed E-state index contributed by atoms with van der Waals surface area (Å²) in [7, 11) is 0. The maximum atomic E-state index is 10.4. The third-order valence-electron chi connectivity index (χ3n) is 2.35. The quantitative estimate of drug-likeness (QED) is 0.412. The SMILES string of the molecule is CCCCCCCCN[C@@H](C)C(=O)O.[H-].[Na+]. The van der Waals surface area contributed by atoms with Gasteiger partial charge in [-0.25, -0.2) is 0 Å². The second-order valence-electron chi connectivity index (χ2n) is 3.78.